The van der Waals surface area contributed by atoms with Crippen LogP contribution in [0.15, 0.2) is 48.5 Å². The van der Waals surface area contributed by atoms with Crippen LogP contribution in [-0.2, 0) is 74.7 Å². The van der Waals surface area contributed by atoms with Crippen LogP contribution in [0.1, 0.15) is 59.6 Å². The van der Waals surface area contributed by atoms with E-state index in [1.807, 2.05) is 0 Å². The van der Waals surface area contributed by atoms with E-state index in [9.17, 15) is 37.2 Å². The average Bonchev–Trinajstić information content (AvgIpc) is 3.05. The number of esters is 4. The van der Waals surface area contributed by atoms with E-state index in [-0.39, 0.29) is 17.9 Å². The Morgan fingerprint density at radius 3 is 1.80 bits per heavy atom. The zero-order valence-corrected chi connectivity index (χ0v) is 32.5. The third kappa shape index (κ3) is 14.7. The highest BCUT2D eigenvalue weighted by molar-refractivity contribution is 7.86. The Kier molecular flexibility index (Phi) is 15.4. The lowest BCUT2D eigenvalue weighted by Gasteiger charge is -2.43. The Bertz CT molecular complexity index is 1790. The lowest BCUT2D eigenvalue weighted by atomic mass is 9.98. The summed E-state index contributed by atoms with van der Waals surface area (Å²) in [6, 6.07) is 10.6. The Balaban J connectivity index is 1.73. The van der Waals surface area contributed by atoms with Crippen LogP contribution in [0.5, 0.6) is 11.5 Å². The zero-order chi connectivity index (χ0) is 41.1. The van der Waals surface area contributed by atoms with Gasteiger partial charge in [-0.05, 0) is 56.2 Å². The molecule has 1 aliphatic rings. The quantitative estimate of drug-likeness (QED) is 0.149. The summed E-state index contributed by atoms with van der Waals surface area (Å²) in [5.41, 5.74) is 0.125. The number of benzene rings is 2. The molecule has 0 aromatic heterocycles. The van der Waals surface area contributed by atoms with Gasteiger partial charge in [-0.2, -0.15) is 8.42 Å². The van der Waals surface area contributed by atoms with E-state index in [1.54, 1.807) is 32.9 Å². The molecule has 1 saturated heterocycles. The Morgan fingerprint density at radius 2 is 1.27 bits per heavy atom. The van der Waals surface area contributed by atoms with E-state index < -0.39 is 101 Å². The van der Waals surface area contributed by atoms with E-state index in [0.717, 1.165) is 27.7 Å². The average molecular weight is 795 g/mol. The minimum absolute atomic E-state index is 0.00366. The number of carbonyl (C=O) groups excluding carboxylic acids is 6. The summed E-state index contributed by atoms with van der Waals surface area (Å²) in [6.07, 6.45) is -7.67. The number of likely N-dealkylation sites (N-methyl/N-ethyl adjacent to an activating group) is 1. The van der Waals surface area contributed by atoms with Crippen molar-refractivity contribution in [1.29, 1.82) is 0 Å². The second kappa shape index (κ2) is 19.2. The molecule has 0 bridgehead atoms. The Hall–Kier alpha value is -5.43. The molecular weight excluding hydrogens is 748 g/mol. The fraction of sp³-hybridized carbons (Fsp3) is 0.500. The summed E-state index contributed by atoms with van der Waals surface area (Å²) < 4.78 is 69.5. The van der Waals surface area contributed by atoms with Crippen LogP contribution in [0.3, 0.4) is 0 Å². The molecule has 3 rings (SSSR count). The van der Waals surface area contributed by atoms with Crippen LogP contribution >= 0.6 is 0 Å². The first-order chi connectivity index (χ1) is 25.6. The van der Waals surface area contributed by atoms with Crippen molar-refractivity contribution in [3.63, 3.8) is 0 Å². The predicted molar refractivity (Wildman–Crippen MR) is 190 cm³/mol. The SMILES string of the molecule is CNC(=O)[C@H](Cc1ccc(OS(=O)(=O)Cc2ccc(O[C@@H]3O[C@H](COC(C)=O)[C@H](OC(C)=O)[C@H](OC(C)=O)[C@H]3OC(C)=O)cc2)cc1)NC(=O)OC(C)(C)C. The topological polar surface area (TPSA) is 234 Å². The molecular formula is C36H46N2O16S. The summed E-state index contributed by atoms with van der Waals surface area (Å²) in [7, 11) is -2.76. The molecule has 2 N–H and O–H groups in total. The number of ether oxygens (including phenoxy) is 7. The van der Waals surface area contributed by atoms with Crippen molar-refractivity contribution in [1.82, 2.24) is 10.6 Å². The van der Waals surface area contributed by atoms with Gasteiger partial charge in [-0.25, -0.2) is 4.79 Å². The molecule has 1 heterocycles. The van der Waals surface area contributed by atoms with Crippen LogP contribution in [0, 0.1) is 0 Å². The lowest BCUT2D eigenvalue weighted by molar-refractivity contribution is -0.288. The molecule has 2 aromatic rings. The van der Waals surface area contributed by atoms with Gasteiger partial charge in [0.05, 0.1) is 0 Å². The van der Waals surface area contributed by atoms with Gasteiger partial charge in [0.2, 0.25) is 18.3 Å². The van der Waals surface area contributed by atoms with Crippen molar-refractivity contribution in [3.8, 4) is 11.5 Å². The van der Waals surface area contributed by atoms with E-state index in [0.29, 0.717) is 11.1 Å². The molecule has 0 radical (unpaired) electrons. The van der Waals surface area contributed by atoms with Crippen molar-refractivity contribution in [3.05, 3.63) is 59.7 Å². The second-order valence-corrected chi connectivity index (χ2v) is 14.8. The molecule has 6 atom stereocenters. The molecule has 1 fully saturated rings. The first kappa shape index (κ1) is 44.0. The number of nitrogens with one attached hydrogen (secondary N) is 2. The summed E-state index contributed by atoms with van der Waals surface area (Å²) in [6.45, 7) is 9.05. The molecule has 0 saturated carbocycles. The van der Waals surface area contributed by atoms with Gasteiger partial charge in [0.15, 0.2) is 12.2 Å². The number of hydrogen-bond acceptors (Lipinski definition) is 16. The molecule has 2 amide bonds. The van der Waals surface area contributed by atoms with Gasteiger partial charge in [-0.1, -0.05) is 24.3 Å². The van der Waals surface area contributed by atoms with Crippen LogP contribution in [0.25, 0.3) is 0 Å². The summed E-state index contributed by atoms with van der Waals surface area (Å²) in [5.74, 6) is -3.98. The van der Waals surface area contributed by atoms with Crippen LogP contribution in [0.2, 0.25) is 0 Å². The Labute approximate surface area is 318 Å². The molecule has 0 aliphatic carbocycles. The monoisotopic (exact) mass is 794 g/mol. The molecule has 19 heteroatoms. The minimum Gasteiger partial charge on any atom is -0.463 e. The van der Waals surface area contributed by atoms with Gasteiger partial charge < -0.3 is 48.0 Å². The number of amides is 2. The van der Waals surface area contributed by atoms with Crippen molar-refractivity contribution < 1.29 is 74.5 Å². The molecule has 18 nitrogen and oxygen atoms in total. The van der Waals surface area contributed by atoms with Crippen LogP contribution in [0.4, 0.5) is 4.79 Å². The summed E-state index contributed by atoms with van der Waals surface area (Å²) in [4.78, 5) is 72.4. The van der Waals surface area contributed by atoms with Gasteiger partial charge in [0, 0.05) is 41.2 Å². The Morgan fingerprint density at radius 1 is 0.745 bits per heavy atom. The highest BCUT2D eigenvalue weighted by Gasteiger charge is 2.53. The number of alkyl carbamates (subject to hydrolysis) is 1. The number of carbonyl (C=O) groups is 6. The van der Waals surface area contributed by atoms with Crippen LogP contribution in [-0.4, -0.2) is 100 Å². The maximum Gasteiger partial charge on any atom is 0.408 e. The smallest absolute Gasteiger partial charge is 0.408 e. The maximum absolute atomic E-state index is 13.0. The fourth-order valence-corrected chi connectivity index (χ4v) is 6.28. The molecule has 55 heavy (non-hydrogen) atoms. The van der Waals surface area contributed by atoms with Gasteiger partial charge in [-0.3, -0.25) is 24.0 Å². The molecule has 0 spiro atoms. The van der Waals surface area contributed by atoms with E-state index in [2.05, 4.69) is 10.6 Å². The highest BCUT2D eigenvalue weighted by Crippen LogP contribution is 2.31. The first-order valence-electron chi connectivity index (χ1n) is 16.9. The van der Waals surface area contributed by atoms with Gasteiger partial charge >= 0.3 is 40.1 Å². The van der Waals surface area contributed by atoms with E-state index >= 15 is 0 Å². The largest absolute Gasteiger partial charge is 0.463 e. The van der Waals surface area contributed by atoms with Crippen molar-refractivity contribution in [2.45, 2.75) is 103 Å². The maximum atomic E-state index is 13.0. The third-order valence-electron chi connectivity index (χ3n) is 7.31. The van der Waals surface area contributed by atoms with E-state index in [1.165, 1.54) is 43.4 Å². The lowest BCUT2D eigenvalue weighted by Crippen LogP contribution is -2.63. The minimum atomic E-state index is -4.18. The normalized spacial score (nSPS) is 20.1. The molecule has 2 aromatic carbocycles. The number of hydrogen-bond donors (Lipinski definition) is 2. The summed E-state index contributed by atoms with van der Waals surface area (Å²) >= 11 is 0. The van der Waals surface area contributed by atoms with Gasteiger partial charge in [0.25, 0.3) is 0 Å². The van der Waals surface area contributed by atoms with Gasteiger partial charge in [0.1, 0.15) is 41.6 Å². The third-order valence-corrected chi connectivity index (χ3v) is 8.44. The zero-order valence-electron chi connectivity index (χ0n) is 31.6. The predicted octanol–water partition coefficient (Wildman–Crippen LogP) is 2.24. The van der Waals surface area contributed by atoms with Crippen molar-refractivity contribution in [2.24, 2.45) is 0 Å². The van der Waals surface area contributed by atoms with Crippen molar-refractivity contribution in [2.75, 3.05) is 13.7 Å². The van der Waals surface area contributed by atoms with Crippen molar-refractivity contribution >= 4 is 46.0 Å². The van der Waals surface area contributed by atoms with Gasteiger partial charge in [-0.15, -0.1) is 0 Å². The van der Waals surface area contributed by atoms with Crippen LogP contribution < -0.4 is 19.6 Å². The number of rotatable bonds is 15. The highest BCUT2D eigenvalue weighted by atomic mass is 32.2. The second-order valence-electron chi connectivity index (χ2n) is 13.3. The molecule has 302 valence electrons. The molecule has 0 unspecified atom stereocenters. The molecule has 1 aliphatic heterocycles. The summed E-state index contributed by atoms with van der Waals surface area (Å²) in [5, 5.41) is 5.01. The standard InChI is InChI=1S/C36H46N2O16S/c1-20(39)47-18-29-30(48-21(2)40)31(49-22(3)41)32(50-23(4)42)34(52-29)51-26-13-11-25(12-14-26)19-55(45,46)54-27-15-9-24(10-16-27)17-28(33(43)37-8)38-35(44)53-36(5,6)7/h9-16,28-32,34H,17-19H2,1-8H3,(H,37,43)(H,38,44)/t28-,29+,30-,31-,32+,34+/m0/s1. The fourth-order valence-electron chi connectivity index (χ4n) is 5.21. The van der Waals surface area contributed by atoms with E-state index in [4.69, 9.17) is 37.3 Å². The first-order valence-corrected chi connectivity index (χ1v) is 18.5.